The van der Waals surface area contributed by atoms with Gasteiger partial charge in [0.05, 0.1) is 24.9 Å². The van der Waals surface area contributed by atoms with Gasteiger partial charge in [-0.2, -0.15) is 9.65 Å². The largest absolute Gasteiger partial charge is 0.485 e. The third-order valence-corrected chi connectivity index (χ3v) is 8.45. The third kappa shape index (κ3) is 7.32. The van der Waals surface area contributed by atoms with Crippen LogP contribution in [0.25, 0.3) is 0 Å². The molecule has 0 bridgehead atoms. The standard InChI is InChI=1S/C37H34F2N4O6/c1-43-18-17-41-34(43)27-20-26(49-37(36(44)45-2)15-7-4-8-16-37)12-14-29(27)47-33-28(38)22-42-35(32(33)39)48-31-19-25(21-40)11-13-30(31)46-23-24-9-5-3-6-10-24/h3,5-6,9-14,17,19-20,22,34H,4,7-8,15-16,18,23H2,1-2H3. The maximum atomic E-state index is 16.0. The second-order valence-corrected chi connectivity index (χ2v) is 11.8. The summed E-state index contributed by atoms with van der Waals surface area (Å²) in [6.07, 6.45) is 5.57. The van der Waals surface area contributed by atoms with Crippen molar-refractivity contribution in [2.75, 3.05) is 20.7 Å². The van der Waals surface area contributed by atoms with Gasteiger partial charge in [0.15, 0.2) is 17.3 Å². The molecule has 0 radical (unpaired) electrons. The van der Waals surface area contributed by atoms with Crippen LogP contribution in [0.4, 0.5) is 8.78 Å². The van der Waals surface area contributed by atoms with Gasteiger partial charge in [0.1, 0.15) is 24.3 Å². The molecule has 0 spiro atoms. The summed E-state index contributed by atoms with van der Waals surface area (Å²) < 4.78 is 60.4. The van der Waals surface area contributed by atoms with E-state index >= 15 is 8.78 Å². The average molecular weight is 669 g/mol. The SMILES string of the molecule is COC(=O)C1(Oc2ccc(Oc3c(F)cnc(Oc4cc(C#N)ccc4OCc4ccccc4)c3F)c(C3N=CCN3C)c2)CCCCC1. The normalized spacial score (nSPS) is 16.8. The van der Waals surface area contributed by atoms with Gasteiger partial charge in [-0.25, -0.2) is 14.2 Å². The lowest BCUT2D eigenvalue weighted by molar-refractivity contribution is -0.162. The predicted octanol–water partition coefficient (Wildman–Crippen LogP) is 7.66. The first-order chi connectivity index (χ1) is 23.8. The Morgan fingerprint density at radius 1 is 1.00 bits per heavy atom. The fraction of sp³-hybridized carbons (Fsp3) is 0.297. The zero-order valence-corrected chi connectivity index (χ0v) is 27.0. The van der Waals surface area contributed by atoms with Crippen molar-refractivity contribution in [1.29, 1.82) is 5.26 Å². The fourth-order valence-corrected chi connectivity index (χ4v) is 5.90. The number of methoxy groups -OCH3 is 1. The number of hydrogen-bond donors (Lipinski definition) is 0. The number of pyridine rings is 1. The van der Waals surface area contributed by atoms with Crippen LogP contribution in [0.5, 0.6) is 34.6 Å². The van der Waals surface area contributed by atoms with E-state index in [0.29, 0.717) is 30.7 Å². The Kier molecular flexibility index (Phi) is 10.0. The summed E-state index contributed by atoms with van der Waals surface area (Å²) >= 11 is 0. The summed E-state index contributed by atoms with van der Waals surface area (Å²) in [5, 5.41) is 9.48. The third-order valence-electron chi connectivity index (χ3n) is 8.45. The number of nitriles is 1. The van der Waals surface area contributed by atoms with Crippen LogP contribution in [-0.2, 0) is 16.1 Å². The number of carbonyl (C=O) groups is 1. The van der Waals surface area contributed by atoms with Crippen LogP contribution in [0.1, 0.15) is 55.0 Å². The molecule has 0 N–H and O–H groups in total. The zero-order valence-electron chi connectivity index (χ0n) is 27.0. The first kappa shape index (κ1) is 33.4. The lowest BCUT2D eigenvalue weighted by Crippen LogP contribution is -2.47. The van der Waals surface area contributed by atoms with Gasteiger partial charge in [-0.1, -0.05) is 36.8 Å². The summed E-state index contributed by atoms with van der Waals surface area (Å²) in [7, 11) is 3.18. The Morgan fingerprint density at radius 2 is 1.78 bits per heavy atom. The van der Waals surface area contributed by atoms with Gasteiger partial charge in [0.2, 0.25) is 17.2 Å². The number of aliphatic imine (C=N–C) groups is 1. The van der Waals surface area contributed by atoms with E-state index in [0.717, 1.165) is 31.0 Å². The molecule has 1 aliphatic carbocycles. The average Bonchev–Trinajstić information content (AvgIpc) is 3.56. The molecule has 1 fully saturated rings. The van der Waals surface area contributed by atoms with Crippen molar-refractivity contribution in [3.8, 4) is 40.7 Å². The number of hydrogen-bond acceptors (Lipinski definition) is 10. The van der Waals surface area contributed by atoms with Crippen LogP contribution in [0.15, 0.2) is 77.9 Å². The summed E-state index contributed by atoms with van der Waals surface area (Å²) in [6, 6.07) is 20.6. The molecule has 2 aliphatic rings. The highest BCUT2D eigenvalue weighted by Gasteiger charge is 2.43. The molecule has 6 rings (SSSR count). The highest BCUT2D eigenvalue weighted by atomic mass is 19.1. The summed E-state index contributed by atoms with van der Waals surface area (Å²) in [6.45, 7) is 0.714. The lowest BCUT2D eigenvalue weighted by Gasteiger charge is -2.35. The first-order valence-electron chi connectivity index (χ1n) is 15.8. The molecule has 49 heavy (non-hydrogen) atoms. The molecule has 2 heterocycles. The molecule has 252 valence electrons. The van der Waals surface area contributed by atoms with E-state index in [1.165, 1.54) is 31.4 Å². The van der Waals surface area contributed by atoms with E-state index in [1.807, 2.05) is 48.3 Å². The van der Waals surface area contributed by atoms with Gasteiger partial charge in [0.25, 0.3) is 5.88 Å². The van der Waals surface area contributed by atoms with Crippen LogP contribution >= 0.6 is 0 Å². The van der Waals surface area contributed by atoms with E-state index in [-0.39, 0.29) is 29.4 Å². The molecule has 1 aromatic heterocycles. The number of carbonyl (C=O) groups excluding carboxylic acids is 1. The van der Waals surface area contributed by atoms with Crippen molar-refractivity contribution in [2.45, 2.75) is 50.5 Å². The van der Waals surface area contributed by atoms with Crippen LogP contribution in [0.3, 0.4) is 0 Å². The van der Waals surface area contributed by atoms with Gasteiger partial charge < -0.3 is 23.7 Å². The van der Waals surface area contributed by atoms with Crippen LogP contribution in [0.2, 0.25) is 0 Å². The molecule has 10 nitrogen and oxygen atoms in total. The van der Waals surface area contributed by atoms with Gasteiger partial charge in [0, 0.05) is 24.4 Å². The van der Waals surface area contributed by atoms with E-state index in [9.17, 15) is 10.1 Å². The molecule has 4 aromatic rings. The smallest absolute Gasteiger partial charge is 0.350 e. The Labute approximate surface area is 282 Å². The molecule has 1 unspecified atom stereocenters. The van der Waals surface area contributed by atoms with Crippen molar-refractivity contribution in [2.24, 2.45) is 4.99 Å². The molecular formula is C37H34F2N4O6. The summed E-state index contributed by atoms with van der Waals surface area (Å²) in [4.78, 5) is 23.1. The minimum atomic E-state index is -1.21. The molecular weight excluding hydrogens is 634 g/mol. The lowest BCUT2D eigenvalue weighted by atomic mass is 9.84. The fourth-order valence-electron chi connectivity index (χ4n) is 5.90. The topological polar surface area (TPSA) is 116 Å². The van der Waals surface area contributed by atoms with E-state index in [1.54, 1.807) is 18.3 Å². The molecule has 12 heteroatoms. The van der Waals surface area contributed by atoms with Crippen molar-refractivity contribution in [1.82, 2.24) is 9.88 Å². The highest BCUT2D eigenvalue weighted by molar-refractivity contribution is 5.80. The van der Waals surface area contributed by atoms with E-state index < -0.39 is 41.0 Å². The van der Waals surface area contributed by atoms with Gasteiger partial charge in [-0.3, -0.25) is 9.89 Å². The van der Waals surface area contributed by atoms with Crippen LogP contribution < -0.4 is 18.9 Å². The number of halogens is 2. The van der Waals surface area contributed by atoms with Crippen molar-refractivity contribution in [3.63, 3.8) is 0 Å². The quantitative estimate of drug-likeness (QED) is 0.149. The summed E-state index contributed by atoms with van der Waals surface area (Å²) in [5.74, 6) is -3.39. The Balaban J connectivity index is 1.31. The minimum absolute atomic E-state index is 0.00490. The van der Waals surface area contributed by atoms with Gasteiger partial charge in [-0.15, -0.1) is 0 Å². The van der Waals surface area contributed by atoms with Crippen LogP contribution in [0, 0.1) is 23.0 Å². The number of ether oxygens (including phenoxy) is 5. The Bertz CT molecular complexity index is 1890. The van der Waals surface area contributed by atoms with Gasteiger partial charge in [-0.05, 0) is 68.6 Å². The van der Waals surface area contributed by atoms with E-state index in [4.69, 9.17) is 23.7 Å². The van der Waals surface area contributed by atoms with Crippen molar-refractivity contribution >= 4 is 12.2 Å². The first-order valence-corrected chi connectivity index (χ1v) is 15.8. The Morgan fingerprint density at radius 3 is 2.49 bits per heavy atom. The molecule has 0 amide bonds. The molecule has 1 aliphatic heterocycles. The molecule has 0 saturated heterocycles. The summed E-state index contributed by atoms with van der Waals surface area (Å²) in [5.41, 5.74) is 0.431. The molecule has 1 atom stereocenters. The molecule has 3 aromatic carbocycles. The Hall–Kier alpha value is -5.54. The number of esters is 1. The maximum Gasteiger partial charge on any atom is 0.350 e. The number of rotatable bonds is 11. The number of aromatic nitrogens is 1. The van der Waals surface area contributed by atoms with Crippen LogP contribution in [-0.4, -0.2) is 48.4 Å². The number of benzene rings is 3. The van der Waals surface area contributed by atoms with Crippen molar-refractivity contribution in [3.05, 3.63) is 101 Å². The minimum Gasteiger partial charge on any atom is -0.485 e. The highest BCUT2D eigenvalue weighted by Crippen LogP contribution is 2.42. The predicted molar refractivity (Wildman–Crippen MR) is 175 cm³/mol. The second kappa shape index (κ2) is 14.7. The van der Waals surface area contributed by atoms with Gasteiger partial charge >= 0.3 is 5.97 Å². The monoisotopic (exact) mass is 668 g/mol. The number of nitrogens with zero attached hydrogens (tertiary/aromatic N) is 4. The van der Waals surface area contributed by atoms with Crippen molar-refractivity contribution < 1.29 is 37.3 Å². The zero-order chi connectivity index (χ0) is 34.4. The maximum absolute atomic E-state index is 16.0. The second-order valence-electron chi connectivity index (χ2n) is 11.8. The molecule has 1 saturated carbocycles. The van der Waals surface area contributed by atoms with E-state index in [2.05, 4.69) is 9.98 Å².